The van der Waals surface area contributed by atoms with E-state index < -0.39 is 0 Å². The zero-order valence-corrected chi connectivity index (χ0v) is 12.5. The Morgan fingerprint density at radius 2 is 1.17 bits per heavy atom. The highest BCUT2D eigenvalue weighted by molar-refractivity contribution is 6.04. The Balaban J connectivity index is 2.03. The van der Waals surface area contributed by atoms with Gasteiger partial charge in [-0.3, -0.25) is 0 Å². The van der Waals surface area contributed by atoms with E-state index in [2.05, 4.69) is 42.2 Å². The Hall–Kier alpha value is -3.24. The van der Waals surface area contributed by atoms with Gasteiger partial charge >= 0.3 is 0 Å². The molecule has 1 heteroatoms. The average Bonchev–Trinajstić information content (AvgIpc) is 2.60. The SMILES string of the molecule is Oc1ccccc1C#Cc1c2ccccc2cc2ccccc12. The van der Waals surface area contributed by atoms with Crippen LogP contribution in [-0.4, -0.2) is 5.11 Å². The quantitative estimate of drug-likeness (QED) is 0.353. The van der Waals surface area contributed by atoms with Crippen molar-refractivity contribution >= 4 is 21.5 Å². The number of phenolic OH excluding ortho intramolecular Hbond substituents is 1. The Morgan fingerprint density at radius 3 is 1.83 bits per heavy atom. The molecule has 4 rings (SSSR count). The molecule has 0 bridgehead atoms. The largest absolute Gasteiger partial charge is 0.507 e. The highest BCUT2D eigenvalue weighted by Crippen LogP contribution is 2.28. The van der Waals surface area contributed by atoms with Crippen LogP contribution in [0.3, 0.4) is 0 Å². The summed E-state index contributed by atoms with van der Waals surface area (Å²) in [7, 11) is 0. The number of para-hydroxylation sites is 1. The number of phenols is 1. The normalized spacial score (nSPS) is 10.4. The van der Waals surface area contributed by atoms with Crippen molar-refractivity contribution in [1.82, 2.24) is 0 Å². The van der Waals surface area contributed by atoms with Crippen LogP contribution >= 0.6 is 0 Å². The van der Waals surface area contributed by atoms with Crippen molar-refractivity contribution in [2.75, 3.05) is 0 Å². The lowest BCUT2D eigenvalue weighted by molar-refractivity contribution is 0.473. The van der Waals surface area contributed by atoms with Gasteiger partial charge in [0.2, 0.25) is 0 Å². The maximum atomic E-state index is 9.91. The second kappa shape index (κ2) is 5.51. The average molecular weight is 294 g/mol. The molecular weight excluding hydrogens is 280 g/mol. The third kappa shape index (κ3) is 2.41. The van der Waals surface area contributed by atoms with E-state index in [-0.39, 0.29) is 5.75 Å². The van der Waals surface area contributed by atoms with Gasteiger partial charge in [0.1, 0.15) is 5.75 Å². The highest BCUT2D eigenvalue weighted by Gasteiger charge is 2.05. The maximum absolute atomic E-state index is 9.91. The minimum atomic E-state index is 0.213. The number of fused-ring (bicyclic) bond motifs is 2. The molecule has 0 heterocycles. The summed E-state index contributed by atoms with van der Waals surface area (Å²) in [6, 6.07) is 25.9. The van der Waals surface area contributed by atoms with Gasteiger partial charge in [-0.15, -0.1) is 0 Å². The Kier molecular flexibility index (Phi) is 3.22. The van der Waals surface area contributed by atoms with Gasteiger partial charge in [0.05, 0.1) is 5.56 Å². The first-order chi connectivity index (χ1) is 11.3. The number of rotatable bonds is 0. The molecule has 0 aliphatic carbocycles. The van der Waals surface area contributed by atoms with Crippen molar-refractivity contribution in [2.24, 2.45) is 0 Å². The third-order valence-electron chi connectivity index (χ3n) is 4.00. The zero-order valence-electron chi connectivity index (χ0n) is 12.5. The van der Waals surface area contributed by atoms with Crippen molar-refractivity contribution < 1.29 is 5.11 Å². The highest BCUT2D eigenvalue weighted by atomic mass is 16.3. The van der Waals surface area contributed by atoms with E-state index in [0.717, 1.165) is 16.3 Å². The minimum Gasteiger partial charge on any atom is -0.507 e. The summed E-state index contributed by atoms with van der Waals surface area (Å²) in [6.45, 7) is 0. The molecule has 1 nitrogen and oxygen atoms in total. The second-order valence-electron chi connectivity index (χ2n) is 5.46. The molecule has 0 aromatic heterocycles. The van der Waals surface area contributed by atoms with Gasteiger partial charge in [0, 0.05) is 5.56 Å². The van der Waals surface area contributed by atoms with Crippen molar-refractivity contribution in [3.05, 3.63) is 90.0 Å². The van der Waals surface area contributed by atoms with Gasteiger partial charge in [0.25, 0.3) is 0 Å². The number of benzene rings is 4. The summed E-state index contributed by atoms with van der Waals surface area (Å²) in [5.74, 6) is 6.60. The Labute approximate surface area is 134 Å². The molecule has 0 amide bonds. The van der Waals surface area contributed by atoms with Crippen LogP contribution in [0.5, 0.6) is 5.75 Å². The molecule has 0 atom stereocenters. The lowest BCUT2D eigenvalue weighted by Gasteiger charge is -2.06. The monoisotopic (exact) mass is 294 g/mol. The second-order valence-corrected chi connectivity index (χ2v) is 5.46. The van der Waals surface area contributed by atoms with E-state index in [4.69, 9.17) is 0 Å². The summed E-state index contributed by atoms with van der Waals surface area (Å²) < 4.78 is 0. The summed E-state index contributed by atoms with van der Waals surface area (Å²) in [4.78, 5) is 0. The Morgan fingerprint density at radius 1 is 0.609 bits per heavy atom. The van der Waals surface area contributed by atoms with E-state index in [1.807, 2.05) is 36.4 Å². The van der Waals surface area contributed by atoms with E-state index in [9.17, 15) is 5.11 Å². The Bertz CT molecular complexity index is 1030. The van der Waals surface area contributed by atoms with Crippen LogP contribution in [0.1, 0.15) is 11.1 Å². The van der Waals surface area contributed by atoms with Crippen LogP contribution < -0.4 is 0 Å². The first-order valence-corrected chi connectivity index (χ1v) is 7.53. The van der Waals surface area contributed by atoms with E-state index >= 15 is 0 Å². The van der Waals surface area contributed by atoms with Gasteiger partial charge < -0.3 is 5.11 Å². The predicted octanol–water partition coefficient (Wildman–Crippen LogP) is 5.10. The molecule has 0 unspecified atom stereocenters. The molecule has 108 valence electrons. The first-order valence-electron chi connectivity index (χ1n) is 7.53. The predicted molar refractivity (Wildman–Crippen MR) is 95.5 cm³/mol. The molecule has 0 saturated heterocycles. The fourth-order valence-corrected chi connectivity index (χ4v) is 2.86. The minimum absolute atomic E-state index is 0.213. The molecule has 0 radical (unpaired) electrons. The summed E-state index contributed by atoms with van der Waals surface area (Å²) >= 11 is 0. The number of aromatic hydroxyl groups is 1. The topological polar surface area (TPSA) is 20.2 Å². The van der Waals surface area contributed by atoms with Crippen molar-refractivity contribution in [1.29, 1.82) is 0 Å². The van der Waals surface area contributed by atoms with Gasteiger partial charge in [-0.1, -0.05) is 72.5 Å². The van der Waals surface area contributed by atoms with Gasteiger partial charge in [-0.2, -0.15) is 0 Å². The number of hydrogen-bond acceptors (Lipinski definition) is 1. The van der Waals surface area contributed by atoms with Gasteiger partial charge in [0.15, 0.2) is 0 Å². The van der Waals surface area contributed by atoms with Gasteiger partial charge in [-0.05, 0) is 39.7 Å². The molecular formula is C22H14O. The van der Waals surface area contributed by atoms with Crippen LogP contribution in [0.15, 0.2) is 78.9 Å². The lowest BCUT2D eigenvalue weighted by Crippen LogP contribution is -1.85. The molecule has 0 saturated carbocycles. The molecule has 0 aliphatic rings. The molecule has 23 heavy (non-hydrogen) atoms. The van der Waals surface area contributed by atoms with Gasteiger partial charge in [-0.25, -0.2) is 0 Å². The van der Waals surface area contributed by atoms with E-state index in [0.29, 0.717) is 5.56 Å². The molecule has 0 fully saturated rings. The molecule has 0 aliphatic heterocycles. The van der Waals surface area contributed by atoms with E-state index in [1.54, 1.807) is 12.1 Å². The van der Waals surface area contributed by atoms with Crippen LogP contribution in [0.2, 0.25) is 0 Å². The fraction of sp³-hybridized carbons (Fsp3) is 0. The summed E-state index contributed by atoms with van der Waals surface area (Å²) in [6.07, 6.45) is 0. The van der Waals surface area contributed by atoms with Crippen molar-refractivity contribution in [3.8, 4) is 17.6 Å². The molecule has 4 aromatic carbocycles. The van der Waals surface area contributed by atoms with Crippen molar-refractivity contribution in [3.63, 3.8) is 0 Å². The smallest absolute Gasteiger partial charge is 0.131 e. The zero-order chi connectivity index (χ0) is 15.6. The summed E-state index contributed by atoms with van der Waals surface area (Å²) in [5.41, 5.74) is 1.64. The van der Waals surface area contributed by atoms with Crippen LogP contribution in [-0.2, 0) is 0 Å². The lowest BCUT2D eigenvalue weighted by atomic mass is 9.97. The first kappa shape index (κ1) is 13.4. The van der Waals surface area contributed by atoms with Crippen LogP contribution in [0.25, 0.3) is 21.5 Å². The molecule has 0 spiro atoms. The third-order valence-corrected chi connectivity index (χ3v) is 4.00. The van der Waals surface area contributed by atoms with Crippen LogP contribution in [0, 0.1) is 11.8 Å². The fourth-order valence-electron chi connectivity index (χ4n) is 2.86. The standard InChI is InChI=1S/C22H14O/c23-22-12-6-3-7-16(22)13-14-21-19-10-4-1-8-17(19)15-18-9-2-5-11-20(18)21/h1-12,15,23H. The molecule has 4 aromatic rings. The van der Waals surface area contributed by atoms with E-state index in [1.165, 1.54) is 10.8 Å². The van der Waals surface area contributed by atoms with Crippen LogP contribution in [0.4, 0.5) is 0 Å². The maximum Gasteiger partial charge on any atom is 0.131 e. The number of hydrogen-bond donors (Lipinski definition) is 1. The van der Waals surface area contributed by atoms with Crippen molar-refractivity contribution in [2.45, 2.75) is 0 Å². The molecule has 1 N–H and O–H groups in total. The summed E-state index contributed by atoms with van der Waals surface area (Å²) in [5, 5.41) is 14.5.